The molecule has 3 rings (SSSR count). The third-order valence-electron chi connectivity index (χ3n) is 4.87. The van der Waals surface area contributed by atoms with Gasteiger partial charge in [0.05, 0.1) is 18.7 Å². The molecule has 2 heterocycles. The molecule has 0 N–H and O–H groups in total. The largest absolute Gasteiger partial charge is 0.469 e. The van der Waals surface area contributed by atoms with Crippen LogP contribution in [-0.2, 0) is 14.9 Å². The number of esters is 1. The average molecular weight is 322 g/mol. The number of ether oxygens (including phenoxy) is 1. The molecule has 1 aliphatic carbocycles. The van der Waals surface area contributed by atoms with Crippen LogP contribution in [-0.4, -0.2) is 27.4 Å². The van der Waals surface area contributed by atoms with E-state index in [0.717, 1.165) is 30.6 Å². The number of imidazole rings is 1. The van der Waals surface area contributed by atoms with Gasteiger partial charge in [-0.25, -0.2) is 9.97 Å². The van der Waals surface area contributed by atoms with Crippen LogP contribution in [0, 0.1) is 5.41 Å². The van der Waals surface area contributed by atoms with Crippen molar-refractivity contribution in [3.8, 4) is 0 Å². The van der Waals surface area contributed by atoms with Crippen LogP contribution in [0.1, 0.15) is 45.4 Å². The zero-order valence-corrected chi connectivity index (χ0v) is 13.9. The first-order valence-corrected chi connectivity index (χ1v) is 7.84. The summed E-state index contributed by atoms with van der Waals surface area (Å²) >= 11 is 6.14. The number of carbonyl (C=O) groups is 1. The molecule has 1 fully saturated rings. The maximum atomic E-state index is 12.2. The molecule has 0 amide bonds. The zero-order valence-electron chi connectivity index (χ0n) is 13.1. The Morgan fingerprint density at radius 2 is 2.14 bits per heavy atom. The number of carbonyl (C=O) groups excluding carboxylic acids is 1. The number of rotatable bonds is 2. The lowest BCUT2D eigenvalue weighted by Gasteiger charge is -2.42. The molecular formula is C16H20ClN3O2. The van der Waals surface area contributed by atoms with E-state index in [4.69, 9.17) is 16.3 Å². The van der Waals surface area contributed by atoms with E-state index in [-0.39, 0.29) is 11.4 Å². The molecule has 0 aromatic carbocycles. The quantitative estimate of drug-likeness (QED) is 0.795. The summed E-state index contributed by atoms with van der Waals surface area (Å²) in [5.74, 6) is 0.792. The Morgan fingerprint density at radius 3 is 2.86 bits per heavy atom. The highest BCUT2D eigenvalue weighted by atomic mass is 35.5. The second-order valence-corrected chi connectivity index (χ2v) is 7.06. The predicted molar refractivity (Wildman–Crippen MR) is 83.9 cm³/mol. The number of methoxy groups -OCH3 is 1. The lowest BCUT2D eigenvalue weighted by atomic mass is 9.63. The van der Waals surface area contributed by atoms with Crippen LogP contribution in [0.5, 0.6) is 0 Å². The van der Waals surface area contributed by atoms with Gasteiger partial charge >= 0.3 is 5.97 Å². The van der Waals surface area contributed by atoms with E-state index in [1.54, 1.807) is 12.4 Å². The molecule has 1 aliphatic rings. The van der Waals surface area contributed by atoms with Gasteiger partial charge in [0.15, 0.2) is 5.15 Å². The summed E-state index contributed by atoms with van der Waals surface area (Å²) < 4.78 is 7.00. The van der Waals surface area contributed by atoms with Crippen molar-refractivity contribution in [2.24, 2.45) is 5.41 Å². The van der Waals surface area contributed by atoms with Crippen molar-refractivity contribution in [3.05, 3.63) is 29.6 Å². The summed E-state index contributed by atoms with van der Waals surface area (Å²) in [6.07, 6.45) is 8.81. The molecule has 0 bridgehead atoms. The second-order valence-electron chi connectivity index (χ2n) is 6.70. The second kappa shape index (κ2) is 5.23. The van der Waals surface area contributed by atoms with E-state index in [9.17, 15) is 4.79 Å². The van der Waals surface area contributed by atoms with Crippen molar-refractivity contribution in [3.63, 3.8) is 0 Å². The van der Waals surface area contributed by atoms with Gasteiger partial charge in [0.1, 0.15) is 11.3 Å². The van der Waals surface area contributed by atoms with E-state index in [1.807, 2.05) is 17.5 Å². The molecule has 5 nitrogen and oxygen atoms in total. The third kappa shape index (κ3) is 2.28. The van der Waals surface area contributed by atoms with Crippen LogP contribution in [0.4, 0.5) is 0 Å². The average Bonchev–Trinajstić information content (AvgIpc) is 2.92. The summed E-state index contributed by atoms with van der Waals surface area (Å²) in [4.78, 5) is 20.9. The van der Waals surface area contributed by atoms with E-state index in [1.165, 1.54) is 7.11 Å². The number of halogens is 1. The molecule has 2 aromatic heterocycles. The zero-order chi connectivity index (χ0) is 16.0. The summed E-state index contributed by atoms with van der Waals surface area (Å²) in [6.45, 7) is 4.15. The summed E-state index contributed by atoms with van der Waals surface area (Å²) in [5.41, 5.74) is 0.133. The Bertz CT molecular complexity index is 729. The fraction of sp³-hybridized carbons (Fsp3) is 0.562. The van der Waals surface area contributed by atoms with E-state index < -0.39 is 5.41 Å². The van der Waals surface area contributed by atoms with Gasteiger partial charge < -0.3 is 4.74 Å². The molecule has 0 radical (unpaired) electrons. The van der Waals surface area contributed by atoms with Gasteiger partial charge in [0.25, 0.3) is 0 Å². The van der Waals surface area contributed by atoms with Crippen LogP contribution in [0.3, 0.4) is 0 Å². The van der Waals surface area contributed by atoms with Gasteiger partial charge in [-0.15, -0.1) is 0 Å². The lowest BCUT2D eigenvalue weighted by molar-refractivity contribution is -0.155. The van der Waals surface area contributed by atoms with Crippen LogP contribution >= 0.6 is 11.6 Å². The van der Waals surface area contributed by atoms with Crippen LogP contribution in [0.25, 0.3) is 5.52 Å². The molecule has 1 saturated carbocycles. The summed E-state index contributed by atoms with van der Waals surface area (Å²) in [5, 5.41) is 0.441. The number of nitrogens with zero attached hydrogens (tertiary/aromatic N) is 3. The van der Waals surface area contributed by atoms with Crippen LogP contribution < -0.4 is 0 Å². The fourth-order valence-electron chi connectivity index (χ4n) is 3.86. The molecule has 0 spiro atoms. The SMILES string of the molecule is COC(=O)[C@]1(C)CCC[C@@](C)(c2ncc3c(Cl)nccn23)C1. The Morgan fingerprint density at radius 1 is 1.36 bits per heavy atom. The van der Waals surface area contributed by atoms with Crippen molar-refractivity contribution < 1.29 is 9.53 Å². The first-order chi connectivity index (χ1) is 10.4. The Hall–Kier alpha value is -1.62. The summed E-state index contributed by atoms with van der Waals surface area (Å²) in [6, 6.07) is 0. The predicted octanol–water partition coefficient (Wildman–Crippen LogP) is 3.39. The van der Waals surface area contributed by atoms with Gasteiger partial charge in [-0.2, -0.15) is 0 Å². The monoisotopic (exact) mass is 321 g/mol. The fourth-order valence-corrected chi connectivity index (χ4v) is 4.06. The highest BCUT2D eigenvalue weighted by molar-refractivity contribution is 6.32. The molecular weight excluding hydrogens is 302 g/mol. The molecule has 2 atom stereocenters. The minimum atomic E-state index is -0.468. The number of hydrogen-bond acceptors (Lipinski definition) is 4. The van der Waals surface area contributed by atoms with Gasteiger partial charge in [0.2, 0.25) is 0 Å². The highest BCUT2D eigenvalue weighted by Gasteiger charge is 2.47. The number of aromatic nitrogens is 3. The number of fused-ring (bicyclic) bond motifs is 1. The van der Waals surface area contributed by atoms with Crippen molar-refractivity contribution in [2.75, 3.05) is 7.11 Å². The Kier molecular flexibility index (Phi) is 3.63. The van der Waals surface area contributed by atoms with Crippen LogP contribution in [0.15, 0.2) is 18.6 Å². The molecule has 2 aromatic rings. The first kappa shape index (κ1) is 15.3. The smallest absolute Gasteiger partial charge is 0.311 e. The van der Waals surface area contributed by atoms with E-state index in [0.29, 0.717) is 11.6 Å². The summed E-state index contributed by atoms with van der Waals surface area (Å²) in [7, 11) is 1.45. The van der Waals surface area contributed by atoms with Gasteiger partial charge in [-0.1, -0.05) is 24.9 Å². The lowest BCUT2D eigenvalue weighted by Crippen LogP contribution is -2.42. The molecule has 22 heavy (non-hydrogen) atoms. The standard InChI is InChI=1S/C16H20ClN3O2/c1-15(5-4-6-16(2,10-15)14(21)22-3)13-19-9-11-12(17)18-7-8-20(11)13/h7-9H,4-6,10H2,1-3H3/t15-,16-/m1/s1. The van der Waals surface area contributed by atoms with Crippen molar-refractivity contribution >= 4 is 23.1 Å². The van der Waals surface area contributed by atoms with Gasteiger partial charge in [-0.3, -0.25) is 9.20 Å². The normalized spacial score (nSPS) is 28.7. The number of hydrogen-bond donors (Lipinski definition) is 0. The highest BCUT2D eigenvalue weighted by Crippen LogP contribution is 2.48. The molecule has 118 valence electrons. The van der Waals surface area contributed by atoms with Crippen molar-refractivity contribution in [1.82, 2.24) is 14.4 Å². The van der Waals surface area contributed by atoms with E-state index >= 15 is 0 Å². The first-order valence-electron chi connectivity index (χ1n) is 7.46. The maximum Gasteiger partial charge on any atom is 0.311 e. The van der Waals surface area contributed by atoms with Gasteiger partial charge in [-0.05, 0) is 26.2 Å². The van der Waals surface area contributed by atoms with Crippen molar-refractivity contribution in [2.45, 2.75) is 44.9 Å². The minimum Gasteiger partial charge on any atom is -0.469 e. The Balaban J connectivity index is 2.05. The third-order valence-corrected chi connectivity index (χ3v) is 5.16. The van der Waals surface area contributed by atoms with E-state index in [2.05, 4.69) is 16.9 Å². The minimum absolute atomic E-state index is 0.140. The Labute approximate surface area is 134 Å². The van der Waals surface area contributed by atoms with Crippen molar-refractivity contribution in [1.29, 1.82) is 0 Å². The maximum absolute atomic E-state index is 12.2. The topological polar surface area (TPSA) is 56.5 Å². The molecule has 6 heteroatoms. The van der Waals surface area contributed by atoms with Gasteiger partial charge in [0, 0.05) is 17.8 Å². The van der Waals surface area contributed by atoms with Crippen LogP contribution in [0.2, 0.25) is 5.15 Å². The molecule has 0 saturated heterocycles. The molecule has 0 aliphatic heterocycles. The molecule has 0 unspecified atom stereocenters.